The van der Waals surface area contributed by atoms with Crippen molar-refractivity contribution in [2.75, 3.05) is 5.73 Å². The summed E-state index contributed by atoms with van der Waals surface area (Å²) in [6.07, 6.45) is 2.90. The van der Waals surface area contributed by atoms with Crippen molar-refractivity contribution < 1.29 is 5.11 Å². The van der Waals surface area contributed by atoms with Crippen LogP contribution in [0.3, 0.4) is 0 Å². The fourth-order valence-electron chi connectivity index (χ4n) is 2.15. The Bertz CT molecular complexity index is 298. The number of para-hydroxylation sites is 1. The largest absolute Gasteiger partial charge is 0.398 e. The number of aliphatic hydroxyl groups excluding tert-OH is 1. The van der Waals surface area contributed by atoms with E-state index in [9.17, 15) is 5.11 Å². The second-order valence-electron chi connectivity index (χ2n) is 3.73. The molecule has 0 amide bonds. The van der Waals surface area contributed by atoms with Crippen molar-refractivity contribution in [1.82, 2.24) is 0 Å². The molecule has 0 aromatic heterocycles. The molecule has 0 saturated heterocycles. The van der Waals surface area contributed by atoms with Gasteiger partial charge in [-0.25, -0.2) is 0 Å². The molecule has 0 heterocycles. The van der Waals surface area contributed by atoms with Gasteiger partial charge < -0.3 is 10.8 Å². The third-order valence-corrected chi connectivity index (χ3v) is 2.87. The summed E-state index contributed by atoms with van der Waals surface area (Å²) in [6, 6.07) is 7.84. The van der Waals surface area contributed by atoms with E-state index in [2.05, 4.69) is 0 Å². The van der Waals surface area contributed by atoms with E-state index in [1.807, 2.05) is 24.3 Å². The first kappa shape index (κ1) is 8.57. The summed E-state index contributed by atoms with van der Waals surface area (Å²) in [5.41, 5.74) is 7.78. The minimum atomic E-state index is -0.190. The van der Waals surface area contributed by atoms with Crippen LogP contribution in [0.1, 0.15) is 30.7 Å². The molecule has 2 nitrogen and oxygen atoms in total. The predicted octanol–water partition coefficient (Wildman–Crippen LogP) is 1.90. The van der Waals surface area contributed by atoms with Gasteiger partial charge in [-0.15, -0.1) is 0 Å². The molecule has 2 unspecified atom stereocenters. The number of aliphatic hydroxyl groups is 1. The maximum atomic E-state index is 9.71. The predicted molar refractivity (Wildman–Crippen MR) is 53.5 cm³/mol. The molecule has 2 rings (SSSR count). The Labute approximate surface area is 78.4 Å². The summed E-state index contributed by atoms with van der Waals surface area (Å²) in [5, 5.41) is 9.71. The first-order valence-corrected chi connectivity index (χ1v) is 4.81. The number of anilines is 1. The highest BCUT2D eigenvalue weighted by Gasteiger charge is 2.27. The zero-order valence-electron chi connectivity index (χ0n) is 7.61. The van der Waals surface area contributed by atoms with Crippen LogP contribution in [0.25, 0.3) is 0 Å². The highest BCUT2D eigenvalue weighted by Crippen LogP contribution is 2.36. The standard InChI is InChI=1S/C11H15NO/c12-10-6-2-1-4-8(10)9-5-3-7-11(9)13/h1-2,4,6,9,11,13H,3,5,7,12H2. The van der Waals surface area contributed by atoms with Gasteiger partial charge in [0.25, 0.3) is 0 Å². The molecular weight excluding hydrogens is 162 g/mol. The SMILES string of the molecule is Nc1ccccc1C1CCCC1O. The molecule has 3 N–H and O–H groups in total. The van der Waals surface area contributed by atoms with E-state index < -0.39 is 0 Å². The van der Waals surface area contributed by atoms with Gasteiger partial charge in [0.1, 0.15) is 0 Å². The zero-order chi connectivity index (χ0) is 9.26. The Morgan fingerprint density at radius 2 is 2.00 bits per heavy atom. The van der Waals surface area contributed by atoms with Gasteiger partial charge in [-0.1, -0.05) is 24.6 Å². The molecule has 1 aliphatic rings. The van der Waals surface area contributed by atoms with Crippen molar-refractivity contribution in [3.05, 3.63) is 29.8 Å². The Hall–Kier alpha value is -1.02. The first-order valence-electron chi connectivity index (χ1n) is 4.81. The fraction of sp³-hybridized carbons (Fsp3) is 0.455. The highest BCUT2D eigenvalue weighted by atomic mass is 16.3. The molecule has 2 atom stereocenters. The molecule has 70 valence electrons. The van der Waals surface area contributed by atoms with E-state index in [0.717, 1.165) is 30.5 Å². The number of nitrogen functional groups attached to an aromatic ring is 1. The molecule has 0 aliphatic heterocycles. The second-order valence-corrected chi connectivity index (χ2v) is 3.73. The molecule has 13 heavy (non-hydrogen) atoms. The maximum Gasteiger partial charge on any atom is 0.0609 e. The quantitative estimate of drug-likeness (QED) is 0.643. The van der Waals surface area contributed by atoms with Gasteiger partial charge in [0.2, 0.25) is 0 Å². The van der Waals surface area contributed by atoms with Crippen LogP contribution in [-0.2, 0) is 0 Å². The normalized spacial score (nSPS) is 27.8. The van der Waals surface area contributed by atoms with Crippen molar-refractivity contribution in [2.24, 2.45) is 0 Å². The summed E-state index contributed by atoms with van der Waals surface area (Å²) in [6.45, 7) is 0. The van der Waals surface area contributed by atoms with Crippen molar-refractivity contribution >= 4 is 5.69 Å². The molecule has 0 spiro atoms. The zero-order valence-corrected chi connectivity index (χ0v) is 7.61. The fourth-order valence-corrected chi connectivity index (χ4v) is 2.15. The molecule has 1 aliphatic carbocycles. The van der Waals surface area contributed by atoms with E-state index in [4.69, 9.17) is 5.73 Å². The van der Waals surface area contributed by atoms with Crippen LogP contribution in [0.4, 0.5) is 5.69 Å². The molecule has 1 saturated carbocycles. The second kappa shape index (κ2) is 3.38. The minimum absolute atomic E-state index is 0.190. The Morgan fingerprint density at radius 1 is 1.23 bits per heavy atom. The van der Waals surface area contributed by atoms with Crippen LogP contribution < -0.4 is 5.73 Å². The first-order chi connectivity index (χ1) is 6.29. The van der Waals surface area contributed by atoms with Crippen LogP contribution in [0, 0.1) is 0 Å². The van der Waals surface area contributed by atoms with Gasteiger partial charge in [0, 0.05) is 11.6 Å². The third-order valence-electron chi connectivity index (χ3n) is 2.87. The van der Waals surface area contributed by atoms with Crippen LogP contribution >= 0.6 is 0 Å². The van der Waals surface area contributed by atoms with Gasteiger partial charge in [-0.3, -0.25) is 0 Å². The number of hydrogen-bond donors (Lipinski definition) is 2. The van der Waals surface area contributed by atoms with Gasteiger partial charge in [0.05, 0.1) is 6.10 Å². The minimum Gasteiger partial charge on any atom is -0.398 e. The molecule has 0 bridgehead atoms. The van der Waals surface area contributed by atoms with Crippen molar-refractivity contribution in [3.8, 4) is 0 Å². The summed E-state index contributed by atoms with van der Waals surface area (Å²) in [7, 11) is 0. The Kier molecular flexibility index (Phi) is 2.23. The van der Waals surface area contributed by atoms with Gasteiger partial charge >= 0.3 is 0 Å². The summed E-state index contributed by atoms with van der Waals surface area (Å²) >= 11 is 0. The Balaban J connectivity index is 2.29. The maximum absolute atomic E-state index is 9.71. The number of nitrogens with two attached hydrogens (primary N) is 1. The molecule has 1 aromatic carbocycles. The lowest BCUT2D eigenvalue weighted by Gasteiger charge is -2.16. The topological polar surface area (TPSA) is 46.2 Å². The highest BCUT2D eigenvalue weighted by molar-refractivity contribution is 5.49. The van der Waals surface area contributed by atoms with E-state index in [0.29, 0.717) is 0 Å². The van der Waals surface area contributed by atoms with E-state index >= 15 is 0 Å². The van der Waals surface area contributed by atoms with Gasteiger partial charge in [-0.2, -0.15) is 0 Å². The molecule has 1 fully saturated rings. The van der Waals surface area contributed by atoms with Crippen LogP contribution in [0.2, 0.25) is 0 Å². The lowest BCUT2D eigenvalue weighted by Crippen LogP contribution is -2.12. The number of rotatable bonds is 1. The van der Waals surface area contributed by atoms with Crippen molar-refractivity contribution in [2.45, 2.75) is 31.3 Å². The monoisotopic (exact) mass is 177 g/mol. The van der Waals surface area contributed by atoms with Crippen molar-refractivity contribution in [1.29, 1.82) is 0 Å². The average molecular weight is 177 g/mol. The van der Waals surface area contributed by atoms with E-state index in [1.54, 1.807) is 0 Å². The van der Waals surface area contributed by atoms with Crippen LogP contribution in [0.5, 0.6) is 0 Å². The van der Waals surface area contributed by atoms with Crippen LogP contribution in [-0.4, -0.2) is 11.2 Å². The third kappa shape index (κ3) is 1.54. The van der Waals surface area contributed by atoms with Gasteiger partial charge in [0.15, 0.2) is 0 Å². The lowest BCUT2D eigenvalue weighted by atomic mass is 9.94. The molecule has 0 radical (unpaired) electrons. The molecule has 1 aromatic rings. The smallest absolute Gasteiger partial charge is 0.0609 e. The van der Waals surface area contributed by atoms with Crippen LogP contribution in [0.15, 0.2) is 24.3 Å². The van der Waals surface area contributed by atoms with Gasteiger partial charge in [-0.05, 0) is 24.5 Å². The summed E-state index contributed by atoms with van der Waals surface area (Å²) in [4.78, 5) is 0. The van der Waals surface area contributed by atoms with E-state index in [-0.39, 0.29) is 12.0 Å². The van der Waals surface area contributed by atoms with E-state index in [1.165, 1.54) is 0 Å². The summed E-state index contributed by atoms with van der Waals surface area (Å²) < 4.78 is 0. The lowest BCUT2D eigenvalue weighted by molar-refractivity contribution is 0.164. The molecule has 2 heteroatoms. The number of hydrogen-bond acceptors (Lipinski definition) is 2. The summed E-state index contributed by atoms with van der Waals surface area (Å²) in [5.74, 6) is 0.265. The number of benzene rings is 1. The van der Waals surface area contributed by atoms with Crippen molar-refractivity contribution in [3.63, 3.8) is 0 Å². The molecular formula is C11H15NO. The average Bonchev–Trinajstić information content (AvgIpc) is 2.52. The Morgan fingerprint density at radius 3 is 2.62 bits per heavy atom.